The van der Waals surface area contributed by atoms with Gasteiger partial charge in [-0.25, -0.2) is 10.1 Å². The molecule has 5 atom stereocenters. The van der Waals surface area contributed by atoms with E-state index in [1.165, 1.54) is 0 Å². The van der Waals surface area contributed by atoms with Gasteiger partial charge in [-0.05, 0) is 41.5 Å². The van der Waals surface area contributed by atoms with E-state index in [9.17, 15) is 9.90 Å². The van der Waals surface area contributed by atoms with E-state index in [0.717, 1.165) is 22.3 Å². The largest absolute Gasteiger partial charge is 0.460 e. The van der Waals surface area contributed by atoms with Gasteiger partial charge in [0.1, 0.15) is 31.0 Å². The molecule has 5 N–H and O–H groups in total. The summed E-state index contributed by atoms with van der Waals surface area (Å²) in [4.78, 5) is 17.5. The Hall–Kier alpha value is -3.93. The molecule has 4 aromatic rings. The molecule has 1 fully saturated rings. The number of esters is 1. The Morgan fingerprint density at radius 2 is 1.02 bits per heavy atom. The van der Waals surface area contributed by atoms with Crippen LogP contribution in [0.2, 0.25) is 0 Å². The van der Waals surface area contributed by atoms with Gasteiger partial charge in [0, 0.05) is 0 Å². The third-order valence-corrected chi connectivity index (χ3v) is 7.75. The summed E-state index contributed by atoms with van der Waals surface area (Å²) in [6.07, 6.45) is -5.19. The van der Waals surface area contributed by atoms with Crippen molar-refractivity contribution >= 4 is 5.97 Å². The number of ether oxygens (including phenoxy) is 2. The van der Waals surface area contributed by atoms with Gasteiger partial charge < -0.3 is 29.9 Å². The minimum Gasteiger partial charge on any atom is -0.460 e. The standard InChI is InChI=1S/C30H28O2.C6H12O7/c31-29(32-24-28-19-11-4-12-20-28)30(21-25-13-5-1-6-14-25,22-26-15-7-2-8-16-26)23-27-17-9-3-10-18-27;7-1-2-3(8)4(9)5(10)6(12-2)13-11/h1-20H,21-24H2;2-11H,1H2/t;2-,3+,4+,5-,6?/m.1/s1. The number of aliphatic hydroxyl groups excluding tert-OH is 4. The van der Waals surface area contributed by atoms with Crippen LogP contribution >= 0.6 is 0 Å². The molecule has 4 aromatic carbocycles. The van der Waals surface area contributed by atoms with E-state index in [0.29, 0.717) is 19.3 Å². The van der Waals surface area contributed by atoms with Crippen molar-refractivity contribution < 1.29 is 44.8 Å². The van der Waals surface area contributed by atoms with Gasteiger partial charge in [-0.3, -0.25) is 4.79 Å². The van der Waals surface area contributed by atoms with Gasteiger partial charge in [-0.1, -0.05) is 121 Å². The molecular weight excluding hydrogens is 576 g/mol. The summed E-state index contributed by atoms with van der Waals surface area (Å²) in [6, 6.07) is 40.6. The Labute approximate surface area is 262 Å². The summed E-state index contributed by atoms with van der Waals surface area (Å²) in [5.41, 5.74) is 3.69. The van der Waals surface area contributed by atoms with Crippen molar-refractivity contribution in [1.82, 2.24) is 0 Å². The Bertz CT molecular complexity index is 1280. The molecular formula is C36H40O9. The van der Waals surface area contributed by atoms with Gasteiger partial charge in [0.15, 0.2) is 0 Å². The third kappa shape index (κ3) is 9.53. The normalized spacial score (nSPS) is 21.3. The molecule has 0 spiro atoms. The van der Waals surface area contributed by atoms with Crippen LogP contribution in [0.25, 0.3) is 0 Å². The van der Waals surface area contributed by atoms with Crippen molar-refractivity contribution in [1.29, 1.82) is 0 Å². The minimum absolute atomic E-state index is 0.155. The summed E-state index contributed by atoms with van der Waals surface area (Å²) < 4.78 is 10.7. The second kappa shape index (κ2) is 17.0. The lowest BCUT2D eigenvalue weighted by Crippen LogP contribution is -2.58. The van der Waals surface area contributed by atoms with Crippen LogP contribution < -0.4 is 0 Å². The molecule has 0 bridgehead atoms. The first kappa shape index (κ1) is 34.0. The summed E-state index contributed by atoms with van der Waals surface area (Å²) in [5.74, 6) is -0.155. The quantitative estimate of drug-likeness (QED) is 0.0967. The van der Waals surface area contributed by atoms with Crippen LogP contribution in [0.4, 0.5) is 0 Å². The van der Waals surface area contributed by atoms with Gasteiger partial charge >= 0.3 is 5.97 Å². The third-order valence-electron chi connectivity index (χ3n) is 7.75. The zero-order chi connectivity index (χ0) is 32.1. The Morgan fingerprint density at radius 3 is 1.40 bits per heavy atom. The number of benzene rings is 4. The van der Waals surface area contributed by atoms with Crippen LogP contribution in [-0.4, -0.2) is 69.0 Å². The maximum atomic E-state index is 13.8. The lowest BCUT2D eigenvalue weighted by molar-refractivity contribution is -0.404. The Balaban J connectivity index is 0.000000297. The van der Waals surface area contributed by atoms with Gasteiger partial charge in [-0.2, -0.15) is 0 Å². The van der Waals surface area contributed by atoms with E-state index >= 15 is 0 Å². The second-order valence-electron chi connectivity index (χ2n) is 11.1. The van der Waals surface area contributed by atoms with E-state index in [2.05, 4.69) is 41.3 Å². The molecule has 0 aliphatic carbocycles. The highest BCUT2D eigenvalue weighted by atomic mass is 17.1. The monoisotopic (exact) mass is 616 g/mol. The lowest BCUT2D eigenvalue weighted by Gasteiger charge is -2.37. The number of carbonyl (C=O) groups excluding carboxylic acids is 1. The van der Waals surface area contributed by atoms with Crippen molar-refractivity contribution in [3.63, 3.8) is 0 Å². The molecule has 1 aliphatic rings. The summed E-state index contributed by atoms with van der Waals surface area (Å²) >= 11 is 0. The van der Waals surface area contributed by atoms with Gasteiger partial charge in [0.2, 0.25) is 6.29 Å². The Morgan fingerprint density at radius 1 is 0.622 bits per heavy atom. The number of hydrogen-bond acceptors (Lipinski definition) is 9. The number of carbonyl (C=O) groups is 1. The van der Waals surface area contributed by atoms with Crippen LogP contribution in [-0.2, 0) is 45.0 Å². The molecule has 9 nitrogen and oxygen atoms in total. The van der Waals surface area contributed by atoms with Crippen molar-refractivity contribution in [3.8, 4) is 0 Å². The summed E-state index contributed by atoms with van der Waals surface area (Å²) in [5, 5.41) is 44.4. The number of hydrogen-bond donors (Lipinski definition) is 5. The first-order valence-corrected chi connectivity index (χ1v) is 14.8. The first-order chi connectivity index (χ1) is 21.8. The molecule has 45 heavy (non-hydrogen) atoms. The molecule has 0 aromatic heterocycles. The van der Waals surface area contributed by atoms with E-state index in [1.54, 1.807) is 0 Å². The maximum absolute atomic E-state index is 13.8. The highest BCUT2D eigenvalue weighted by Gasteiger charge is 2.44. The van der Waals surface area contributed by atoms with Gasteiger partial charge in [-0.15, -0.1) is 0 Å². The molecule has 9 heteroatoms. The zero-order valence-corrected chi connectivity index (χ0v) is 24.8. The average Bonchev–Trinajstić information content (AvgIpc) is 3.08. The predicted octanol–water partition coefficient (Wildman–Crippen LogP) is 3.72. The molecule has 238 valence electrons. The molecule has 1 saturated heterocycles. The maximum Gasteiger partial charge on any atom is 0.313 e. The number of rotatable bonds is 11. The molecule has 5 rings (SSSR count). The van der Waals surface area contributed by atoms with Crippen LogP contribution in [0, 0.1) is 5.41 Å². The Kier molecular flexibility index (Phi) is 12.8. The van der Waals surface area contributed by atoms with E-state index in [1.807, 2.05) is 84.9 Å². The lowest BCUT2D eigenvalue weighted by atomic mass is 9.72. The molecule has 0 amide bonds. The fraction of sp³-hybridized carbons (Fsp3) is 0.306. The van der Waals surface area contributed by atoms with Gasteiger partial charge in [0.25, 0.3) is 0 Å². The predicted molar refractivity (Wildman–Crippen MR) is 167 cm³/mol. The fourth-order valence-corrected chi connectivity index (χ4v) is 5.39. The molecule has 0 saturated carbocycles. The van der Waals surface area contributed by atoms with Crippen LogP contribution in [0.5, 0.6) is 0 Å². The van der Waals surface area contributed by atoms with Crippen molar-refractivity contribution in [3.05, 3.63) is 144 Å². The highest BCUT2D eigenvalue weighted by molar-refractivity contribution is 5.78. The zero-order valence-electron chi connectivity index (χ0n) is 24.8. The van der Waals surface area contributed by atoms with Gasteiger partial charge in [0.05, 0.1) is 12.0 Å². The highest BCUT2D eigenvalue weighted by Crippen LogP contribution is 2.34. The summed E-state index contributed by atoms with van der Waals surface area (Å²) in [7, 11) is 0. The van der Waals surface area contributed by atoms with Crippen LogP contribution in [0.1, 0.15) is 22.3 Å². The fourth-order valence-electron chi connectivity index (χ4n) is 5.39. The molecule has 0 radical (unpaired) electrons. The molecule has 1 heterocycles. The smallest absolute Gasteiger partial charge is 0.313 e. The molecule has 1 aliphatic heterocycles. The van der Waals surface area contributed by atoms with Crippen molar-refractivity contribution in [2.24, 2.45) is 5.41 Å². The van der Waals surface area contributed by atoms with Crippen LogP contribution in [0.3, 0.4) is 0 Å². The van der Waals surface area contributed by atoms with E-state index < -0.39 is 42.7 Å². The second-order valence-corrected chi connectivity index (χ2v) is 11.1. The van der Waals surface area contributed by atoms with Crippen molar-refractivity contribution in [2.75, 3.05) is 6.61 Å². The topological polar surface area (TPSA) is 146 Å². The number of aliphatic hydroxyl groups is 4. The SMILES string of the molecule is O=C(OCc1ccccc1)C(Cc1ccccc1)(Cc1ccccc1)Cc1ccccc1.OC[C@H]1OC(OO)[C@H](O)[C@@H](O)[C@H]1O. The van der Waals surface area contributed by atoms with E-state index in [4.69, 9.17) is 30.1 Å². The summed E-state index contributed by atoms with van der Waals surface area (Å²) in [6.45, 7) is -0.273. The first-order valence-electron chi connectivity index (χ1n) is 14.8. The minimum atomic E-state index is -1.55. The van der Waals surface area contributed by atoms with Crippen LogP contribution in [0.15, 0.2) is 121 Å². The van der Waals surface area contributed by atoms with E-state index in [-0.39, 0.29) is 12.6 Å². The van der Waals surface area contributed by atoms with Crippen molar-refractivity contribution in [2.45, 2.75) is 56.6 Å². The molecule has 1 unspecified atom stereocenters. The average molecular weight is 617 g/mol.